The molecular formula is C17H16N2O2S. The number of thiazole rings is 1. The second kappa shape index (κ2) is 6.15. The van der Waals surface area contributed by atoms with Gasteiger partial charge in [-0.2, -0.15) is 0 Å². The molecule has 1 aromatic carbocycles. The van der Waals surface area contributed by atoms with Crippen LogP contribution in [0.2, 0.25) is 0 Å². The minimum Gasteiger partial charge on any atom is -0.466 e. The average molecular weight is 312 g/mol. The fraction of sp³-hybridized carbons (Fsp3) is 0.176. The number of hydrogen-bond acceptors (Lipinski definition) is 4. The summed E-state index contributed by atoms with van der Waals surface area (Å²) in [5.74, 6) is 1.16. The van der Waals surface area contributed by atoms with Gasteiger partial charge in [0.15, 0.2) is 5.13 Å². The Morgan fingerprint density at radius 1 is 1.27 bits per heavy atom. The molecule has 2 heterocycles. The zero-order chi connectivity index (χ0) is 15.5. The number of anilines is 1. The van der Waals surface area contributed by atoms with Gasteiger partial charge in [-0.3, -0.25) is 10.1 Å². The number of rotatable bonds is 4. The SMILES string of the molecule is Cc1cc(C(=O)Nc2ncc(Cc3ccccc3)s2)c(C)o1. The quantitative estimate of drug-likeness (QED) is 0.785. The molecule has 1 amide bonds. The Bertz CT molecular complexity index is 790. The molecule has 5 heteroatoms. The zero-order valence-electron chi connectivity index (χ0n) is 12.4. The normalized spacial score (nSPS) is 10.6. The summed E-state index contributed by atoms with van der Waals surface area (Å²) >= 11 is 1.49. The molecule has 0 atom stereocenters. The Labute approximate surface area is 132 Å². The first-order valence-electron chi connectivity index (χ1n) is 6.99. The summed E-state index contributed by atoms with van der Waals surface area (Å²) in [4.78, 5) is 17.6. The molecule has 0 aliphatic carbocycles. The first kappa shape index (κ1) is 14.5. The van der Waals surface area contributed by atoms with E-state index in [1.54, 1.807) is 19.2 Å². The third-order valence-electron chi connectivity index (χ3n) is 3.28. The molecule has 3 aromatic rings. The zero-order valence-corrected chi connectivity index (χ0v) is 13.2. The Morgan fingerprint density at radius 2 is 2.05 bits per heavy atom. The predicted octanol–water partition coefficient (Wildman–Crippen LogP) is 4.20. The minimum absolute atomic E-state index is 0.185. The van der Waals surface area contributed by atoms with Crippen LogP contribution in [0.3, 0.4) is 0 Å². The second-order valence-corrected chi connectivity index (χ2v) is 6.19. The fourth-order valence-corrected chi connectivity index (χ4v) is 3.11. The van der Waals surface area contributed by atoms with E-state index >= 15 is 0 Å². The molecule has 22 heavy (non-hydrogen) atoms. The Balaban J connectivity index is 1.69. The molecule has 0 saturated carbocycles. The maximum Gasteiger partial charge on any atom is 0.260 e. The van der Waals surface area contributed by atoms with Crippen molar-refractivity contribution in [3.05, 3.63) is 70.1 Å². The van der Waals surface area contributed by atoms with Crippen LogP contribution in [-0.4, -0.2) is 10.9 Å². The van der Waals surface area contributed by atoms with Crippen LogP contribution < -0.4 is 5.32 Å². The van der Waals surface area contributed by atoms with Crippen LogP contribution in [0.1, 0.15) is 32.3 Å². The number of carbonyl (C=O) groups excluding carboxylic acids is 1. The van der Waals surface area contributed by atoms with Crippen LogP contribution in [0.5, 0.6) is 0 Å². The van der Waals surface area contributed by atoms with Crippen molar-refractivity contribution < 1.29 is 9.21 Å². The number of furan rings is 1. The van der Waals surface area contributed by atoms with Crippen molar-refractivity contribution in [2.45, 2.75) is 20.3 Å². The number of nitrogens with zero attached hydrogens (tertiary/aromatic N) is 1. The summed E-state index contributed by atoms with van der Waals surface area (Å²) in [6.45, 7) is 3.61. The highest BCUT2D eigenvalue weighted by Crippen LogP contribution is 2.22. The van der Waals surface area contributed by atoms with Gasteiger partial charge in [0.2, 0.25) is 0 Å². The van der Waals surface area contributed by atoms with Crippen molar-refractivity contribution in [3.8, 4) is 0 Å². The number of carbonyl (C=O) groups is 1. The highest BCUT2D eigenvalue weighted by atomic mass is 32.1. The summed E-state index contributed by atoms with van der Waals surface area (Å²) in [6.07, 6.45) is 2.62. The smallest absolute Gasteiger partial charge is 0.260 e. The number of amides is 1. The van der Waals surface area contributed by atoms with E-state index in [-0.39, 0.29) is 5.91 Å². The lowest BCUT2D eigenvalue weighted by Gasteiger charge is -1.99. The van der Waals surface area contributed by atoms with Gasteiger partial charge in [0.05, 0.1) is 5.56 Å². The first-order chi connectivity index (χ1) is 10.6. The van der Waals surface area contributed by atoms with Gasteiger partial charge >= 0.3 is 0 Å². The molecule has 0 radical (unpaired) electrons. The van der Waals surface area contributed by atoms with E-state index in [4.69, 9.17) is 4.42 Å². The van der Waals surface area contributed by atoms with Crippen LogP contribution in [0.25, 0.3) is 0 Å². The average Bonchev–Trinajstić information content (AvgIpc) is 3.06. The van der Waals surface area contributed by atoms with Gasteiger partial charge < -0.3 is 4.42 Å². The molecule has 0 unspecified atom stereocenters. The molecule has 3 rings (SSSR count). The predicted molar refractivity (Wildman–Crippen MR) is 87.5 cm³/mol. The van der Waals surface area contributed by atoms with Crippen LogP contribution >= 0.6 is 11.3 Å². The molecular weight excluding hydrogens is 296 g/mol. The molecule has 112 valence electrons. The van der Waals surface area contributed by atoms with E-state index in [1.165, 1.54) is 16.9 Å². The van der Waals surface area contributed by atoms with E-state index < -0.39 is 0 Å². The Hall–Kier alpha value is -2.40. The lowest BCUT2D eigenvalue weighted by Crippen LogP contribution is -2.11. The van der Waals surface area contributed by atoms with Crippen LogP contribution in [-0.2, 0) is 6.42 Å². The van der Waals surface area contributed by atoms with Crippen molar-refractivity contribution in [2.24, 2.45) is 0 Å². The van der Waals surface area contributed by atoms with E-state index in [9.17, 15) is 4.79 Å². The summed E-state index contributed by atoms with van der Waals surface area (Å²) in [6, 6.07) is 11.9. The van der Waals surface area contributed by atoms with E-state index in [2.05, 4.69) is 22.4 Å². The van der Waals surface area contributed by atoms with Gasteiger partial charge in [0.1, 0.15) is 11.5 Å². The molecule has 2 aromatic heterocycles. The molecule has 0 bridgehead atoms. The van der Waals surface area contributed by atoms with Gasteiger partial charge in [-0.1, -0.05) is 30.3 Å². The molecule has 4 nitrogen and oxygen atoms in total. The van der Waals surface area contributed by atoms with E-state index in [0.29, 0.717) is 16.5 Å². The van der Waals surface area contributed by atoms with Crippen molar-refractivity contribution >= 4 is 22.4 Å². The fourth-order valence-electron chi connectivity index (χ4n) is 2.26. The van der Waals surface area contributed by atoms with Gasteiger partial charge in [-0.05, 0) is 25.5 Å². The molecule has 0 saturated heterocycles. The molecule has 0 aliphatic rings. The third kappa shape index (κ3) is 3.26. The van der Waals surface area contributed by atoms with Gasteiger partial charge in [0.25, 0.3) is 5.91 Å². The van der Waals surface area contributed by atoms with Gasteiger partial charge in [0, 0.05) is 17.5 Å². The second-order valence-electron chi connectivity index (χ2n) is 5.08. The molecule has 1 N–H and O–H groups in total. The molecule has 0 aliphatic heterocycles. The number of hydrogen-bond donors (Lipinski definition) is 1. The minimum atomic E-state index is -0.185. The largest absolute Gasteiger partial charge is 0.466 e. The monoisotopic (exact) mass is 312 g/mol. The number of aryl methyl sites for hydroxylation is 2. The Kier molecular flexibility index (Phi) is 4.06. The lowest BCUT2D eigenvalue weighted by atomic mass is 10.1. The van der Waals surface area contributed by atoms with Crippen molar-refractivity contribution in [3.63, 3.8) is 0 Å². The summed E-state index contributed by atoms with van der Waals surface area (Å²) in [5, 5.41) is 3.43. The van der Waals surface area contributed by atoms with Gasteiger partial charge in [-0.15, -0.1) is 11.3 Å². The number of aromatic nitrogens is 1. The standard InChI is InChI=1S/C17H16N2O2S/c1-11-8-15(12(2)21-11)16(20)19-17-18-10-14(22-17)9-13-6-4-3-5-7-13/h3-8,10H,9H2,1-2H3,(H,18,19,20). The van der Waals surface area contributed by atoms with Crippen molar-refractivity contribution in [1.29, 1.82) is 0 Å². The van der Waals surface area contributed by atoms with Crippen LogP contribution in [0, 0.1) is 13.8 Å². The molecule has 0 fully saturated rings. The van der Waals surface area contributed by atoms with Crippen molar-refractivity contribution in [1.82, 2.24) is 4.98 Å². The van der Waals surface area contributed by atoms with Crippen molar-refractivity contribution in [2.75, 3.05) is 5.32 Å². The maximum atomic E-state index is 12.2. The topological polar surface area (TPSA) is 55.1 Å². The van der Waals surface area contributed by atoms with Gasteiger partial charge in [-0.25, -0.2) is 4.98 Å². The van der Waals surface area contributed by atoms with E-state index in [1.807, 2.05) is 25.1 Å². The van der Waals surface area contributed by atoms with Crippen LogP contribution in [0.4, 0.5) is 5.13 Å². The maximum absolute atomic E-state index is 12.2. The summed E-state index contributed by atoms with van der Waals surface area (Å²) < 4.78 is 5.38. The third-order valence-corrected chi connectivity index (χ3v) is 4.19. The number of nitrogens with one attached hydrogen (secondary N) is 1. The highest BCUT2D eigenvalue weighted by molar-refractivity contribution is 7.15. The van der Waals surface area contributed by atoms with Crippen LogP contribution in [0.15, 0.2) is 47.0 Å². The lowest BCUT2D eigenvalue weighted by molar-refractivity contribution is 0.102. The summed E-state index contributed by atoms with van der Waals surface area (Å²) in [7, 11) is 0. The molecule has 0 spiro atoms. The van der Waals surface area contributed by atoms with E-state index in [0.717, 1.165) is 17.1 Å². The Morgan fingerprint density at radius 3 is 2.73 bits per heavy atom. The highest BCUT2D eigenvalue weighted by Gasteiger charge is 2.15. The summed E-state index contributed by atoms with van der Waals surface area (Å²) in [5.41, 5.74) is 1.78. The number of benzene rings is 1. The first-order valence-corrected chi connectivity index (χ1v) is 7.80.